The van der Waals surface area contributed by atoms with Gasteiger partial charge in [0.1, 0.15) is 11.6 Å². The van der Waals surface area contributed by atoms with Crippen molar-refractivity contribution in [3.05, 3.63) is 59.7 Å². The van der Waals surface area contributed by atoms with Crippen LogP contribution in [0.2, 0.25) is 0 Å². The third-order valence-corrected chi connectivity index (χ3v) is 2.95. The van der Waals surface area contributed by atoms with Crippen molar-refractivity contribution in [2.75, 3.05) is 6.54 Å². The number of nitrogens with one attached hydrogen (secondary N) is 1. The van der Waals surface area contributed by atoms with Gasteiger partial charge in [-0.15, -0.1) is 0 Å². The summed E-state index contributed by atoms with van der Waals surface area (Å²) < 4.78 is 26.8. The zero-order valence-corrected chi connectivity index (χ0v) is 10.9. The van der Waals surface area contributed by atoms with Gasteiger partial charge in [0.25, 0.3) is 0 Å². The van der Waals surface area contributed by atoms with Crippen molar-refractivity contribution >= 4 is 0 Å². The van der Waals surface area contributed by atoms with Gasteiger partial charge in [0.15, 0.2) is 0 Å². The molecule has 0 spiro atoms. The van der Waals surface area contributed by atoms with Gasteiger partial charge < -0.3 is 5.32 Å². The van der Waals surface area contributed by atoms with Gasteiger partial charge in [0.2, 0.25) is 0 Å². The van der Waals surface area contributed by atoms with Gasteiger partial charge in [-0.3, -0.25) is 0 Å². The van der Waals surface area contributed by atoms with Crippen molar-refractivity contribution in [1.82, 2.24) is 5.32 Å². The van der Waals surface area contributed by atoms with Gasteiger partial charge in [0.05, 0.1) is 0 Å². The number of hydrogen-bond donors (Lipinski definition) is 1. The van der Waals surface area contributed by atoms with Gasteiger partial charge in [-0.2, -0.15) is 0 Å². The molecule has 2 aromatic carbocycles. The van der Waals surface area contributed by atoms with E-state index in [1.165, 1.54) is 6.07 Å². The lowest BCUT2D eigenvalue weighted by molar-refractivity contribution is 0.603. The summed E-state index contributed by atoms with van der Waals surface area (Å²) in [5, 5.41) is 3.30. The molecular formula is C16H17F2N. The van der Waals surface area contributed by atoms with Gasteiger partial charge in [0, 0.05) is 12.1 Å². The van der Waals surface area contributed by atoms with Crippen LogP contribution in [0, 0.1) is 11.6 Å². The van der Waals surface area contributed by atoms with E-state index in [4.69, 9.17) is 0 Å². The van der Waals surface area contributed by atoms with Crippen LogP contribution in [-0.2, 0) is 6.54 Å². The Bertz CT molecular complexity index is 535. The molecule has 1 N–H and O–H groups in total. The molecule has 0 fully saturated rings. The minimum atomic E-state index is -0.426. The molecule has 0 aliphatic carbocycles. The van der Waals surface area contributed by atoms with Gasteiger partial charge in [-0.25, -0.2) is 8.78 Å². The van der Waals surface area contributed by atoms with E-state index in [1.807, 2.05) is 24.3 Å². The van der Waals surface area contributed by atoms with Crippen molar-refractivity contribution in [1.29, 1.82) is 0 Å². The normalized spacial score (nSPS) is 10.7. The smallest absolute Gasteiger partial charge is 0.131 e. The first-order valence-electron chi connectivity index (χ1n) is 6.46. The average molecular weight is 261 g/mol. The molecule has 3 heteroatoms. The molecule has 1 nitrogen and oxygen atoms in total. The summed E-state index contributed by atoms with van der Waals surface area (Å²) in [6, 6.07) is 11.0. The Kier molecular flexibility index (Phi) is 4.63. The summed E-state index contributed by atoms with van der Waals surface area (Å²) in [6.07, 6.45) is 1.09. The fourth-order valence-corrected chi connectivity index (χ4v) is 1.93. The van der Waals surface area contributed by atoms with Crippen molar-refractivity contribution in [3.8, 4) is 11.1 Å². The summed E-state index contributed by atoms with van der Waals surface area (Å²) in [5.41, 5.74) is 2.12. The Morgan fingerprint density at radius 2 is 1.74 bits per heavy atom. The standard InChI is InChI=1S/C16H17F2N/c1-2-9-19-11-12-3-5-13(6-4-12)15-10-14(17)7-8-16(15)18/h3-8,10,19H,2,9,11H2,1H3. The molecule has 0 aromatic heterocycles. The van der Waals surface area contributed by atoms with Gasteiger partial charge >= 0.3 is 0 Å². The molecule has 2 rings (SSSR count). The summed E-state index contributed by atoms with van der Waals surface area (Å²) in [5.74, 6) is -0.830. The van der Waals surface area contributed by atoms with Crippen LogP contribution in [0.5, 0.6) is 0 Å². The number of benzene rings is 2. The quantitative estimate of drug-likeness (QED) is 0.798. The second-order valence-electron chi connectivity index (χ2n) is 4.50. The molecule has 2 aromatic rings. The first-order chi connectivity index (χ1) is 9.20. The summed E-state index contributed by atoms with van der Waals surface area (Å²) >= 11 is 0. The molecule has 0 aliphatic rings. The molecule has 0 saturated carbocycles. The van der Waals surface area contributed by atoms with Crippen molar-refractivity contribution < 1.29 is 8.78 Å². The minimum Gasteiger partial charge on any atom is -0.313 e. The third kappa shape index (κ3) is 3.61. The molecule has 100 valence electrons. The number of rotatable bonds is 5. The summed E-state index contributed by atoms with van der Waals surface area (Å²) in [7, 11) is 0. The second-order valence-corrected chi connectivity index (χ2v) is 4.50. The van der Waals surface area contributed by atoms with E-state index in [2.05, 4.69) is 12.2 Å². The molecule has 0 amide bonds. The highest BCUT2D eigenvalue weighted by Crippen LogP contribution is 2.24. The lowest BCUT2D eigenvalue weighted by Crippen LogP contribution is -2.13. The van der Waals surface area contributed by atoms with Crippen molar-refractivity contribution in [3.63, 3.8) is 0 Å². The maximum atomic E-state index is 13.6. The topological polar surface area (TPSA) is 12.0 Å². The minimum absolute atomic E-state index is 0.299. The summed E-state index contributed by atoms with van der Waals surface area (Å²) in [6.45, 7) is 3.88. The Balaban J connectivity index is 2.15. The number of halogens is 2. The van der Waals surface area contributed by atoms with E-state index in [9.17, 15) is 8.78 Å². The van der Waals surface area contributed by atoms with Crippen molar-refractivity contribution in [2.24, 2.45) is 0 Å². The van der Waals surface area contributed by atoms with E-state index in [-0.39, 0.29) is 0 Å². The van der Waals surface area contributed by atoms with Crippen LogP contribution in [0.25, 0.3) is 11.1 Å². The van der Waals surface area contributed by atoms with Crippen LogP contribution in [0.4, 0.5) is 8.78 Å². The lowest BCUT2D eigenvalue weighted by atomic mass is 10.0. The van der Waals surface area contributed by atoms with Gasteiger partial charge in [-0.1, -0.05) is 31.2 Å². The summed E-state index contributed by atoms with van der Waals surface area (Å²) in [4.78, 5) is 0. The van der Waals surface area contributed by atoms with E-state index >= 15 is 0 Å². The zero-order chi connectivity index (χ0) is 13.7. The van der Waals surface area contributed by atoms with Crippen LogP contribution in [0.15, 0.2) is 42.5 Å². The van der Waals surface area contributed by atoms with Crippen molar-refractivity contribution in [2.45, 2.75) is 19.9 Å². The van der Waals surface area contributed by atoms with Crippen LogP contribution in [-0.4, -0.2) is 6.54 Å². The predicted octanol–water partition coefficient (Wildman–Crippen LogP) is 4.13. The highest BCUT2D eigenvalue weighted by Gasteiger charge is 2.06. The van der Waals surface area contributed by atoms with E-state index in [0.29, 0.717) is 11.1 Å². The maximum Gasteiger partial charge on any atom is 0.131 e. The Hall–Kier alpha value is -1.74. The average Bonchev–Trinajstić information content (AvgIpc) is 2.43. The molecule has 0 unspecified atom stereocenters. The largest absolute Gasteiger partial charge is 0.313 e. The highest BCUT2D eigenvalue weighted by molar-refractivity contribution is 5.64. The maximum absolute atomic E-state index is 13.6. The van der Waals surface area contributed by atoms with Crippen LogP contribution in [0.3, 0.4) is 0 Å². The highest BCUT2D eigenvalue weighted by atomic mass is 19.1. The fourth-order valence-electron chi connectivity index (χ4n) is 1.93. The molecule has 0 saturated heterocycles. The SMILES string of the molecule is CCCNCc1ccc(-c2cc(F)ccc2F)cc1. The Morgan fingerprint density at radius 3 is 2.42 bits per heavy atom. The molecule has 0 bridgehead atoms. The molecule has 0 radical (unpaired) electrons. The van der Waals surface area contributed by atoms with Crippen LogP contribution >= 0.6 is 0 Å². The number of hydrogen-bond acceptors (Lipinski definition) is 1. The molecule has 19 heavy (non-hydrogen) atoms. The fraction of sp³-hybridized carbons (Fsp3) is 0.250. The Morgan fingerprint density at radius 1 is 1.00 bits per heavy atom. The third-order valence-electron chi connectivity index (χ3n) is 2.95. The first kappa shape index (κ1) is 13.7. The van der Waals surface area contributed by atoms with E-state index in [1.54, 1.807) is 0 Å². The Labute approximate surface area is 112 Å². The predicted molar refractivity (Wildman–Crippen MR) is 73.8 cm³/mol. The second kappa shape index (κ2) is 6.43. The monoisotopic (exact) mass is 261 g/mol. The molecular weight excluding hydrogens is 244 g/mol. The lowest BCUT2D eigenvalue weighted by Gasteiger charge is -2.07. The zero-order valence-electron chi connectivity index (χ0n) is 10.9. The molecule has 0 aliphatic heterocycles. The van der Waals surface area contributed by atoms with E-state index < -0.39 is 11.6 Å². The van der Waals surface area contributed by atoms with Gasteiger partial charge in [-0.05, 0) is 42.3 Å². The first-order valence-corrected chi connectivity index (χ1v) is 6.46. The van der Waals surface area contributed by atoms with E-state index in [0.717, 1.165) is 37.2 Å². The molecule has 0 heterocycles. The molecule has 0 atom stereocenters. The van der Waals surface area contributed by atoms with Crippen LogP contribution < -0.4 is 5.32 Å². The van der Waals surface area contributed by atoms with Crippen LogP contribution in [0.1, 0.15) is 18.9 Å².